The van der Waals surface area contributed by atoms with E-state index >= 15 is 0 Å². The van der Waals surface area contributed by atoms with Crippen LogP contribution in [0.5, 0.6) is 0 Å². The number of nitrogens with zero attached hydrogens (tertiary/aromatic N) is 2. The molecule has 0 atom stereocenters. The second-order valence-corrected chi connectivity index (χ2v) is 9.25. The SMILES string of the molecule is O=C(C1CC1)N1CCN(S(=O)(=O)c2cc(Br)ccc2Br)CC1. The van der Waals surface area contributed by atoms with Crippen LogP contribution in [0.2, 0.25) is 0 Å². The molecule has 2 aliphatic rings. The van der Waals surface area contributed by atoms with Gasteiger partial charge in [0.2, 0.25) is 15.9 Å². The van der Waals surface area contributed by atoms with Crippen molar-refractivity contribution in [1.29, 1.82) is 0 Å². The second-order valence-electron chi connectivity index (χ2n) is 5.58. The number of carbonyl (C=O) groups excluding carboxylic acids is 1. The Morgan fingerprint density at radius 3 is 2.32 bits per heavy atom. The van der Waals surface area contributed by atoms with Crippen molar-refractivity contribution in [2.75, 3.05) is 26.2 Å². The summed E-state index contributed by atoms with van der Waals surface area (Å²) >= 11 is 6.61. The van der Waals surface area contributed by atoms with Gasteiger partial charge in [-0.2, -0.15) is 4.31 Å². The van der Waals surface area contributed by atoms with Gasteiger partial charge in [-0.25, -0.2) is 8.42 Å². The van der Waals surface area contributed by atoms with Crippen LogP contribution in [0.4, 0.5) is 0 Å². The lowest BCUT2D eigenvalue weighted by Crippen LogP contribution is -2.50. The van der Waals surface area contributed by atoms with Gasteiger partial charge in [-0.3, -0.25) is 4.79 Å². The zero-order valence-corrected chi connectivity index (χ0v) is 15.8. The van der Waals surface area contributed by atoms with E-state index in [0.29, 0.717) is 30.7 Å². The lowest BCUT2D eigenvalue weighted by Gasteiger charge is -2.34. The minimum absolute atomic E-state index is 0.181. The maximum atomic E-state index is 12.8. The molecule has 1 aliphatic carbocycles. The predicted octanol–water partition coefficient (Wildman–Crippen LogP) is 2.45. The summed E-state index contributed by atoms with van der Waals surface area (Å²) in [4.78, 5) is 14.1. The highest BCUT2D eigenvalue weighted by Gasteiger charge is 2.37. The summed E-state index contributed by atoms with van der Waals surface area (Å²) < 4.78 is 28.2. The Kier molecular flexibility index (Phi) is 4.64. The summed E-state index contributed by atoms with van der Waals surface area (Å²) in [6.45, 7) is 1.64. The highest BCUT2D eigenvalue weighted by molar-refractivity contribution is 9.11. The summed E-state index contributed by atoms with van der Waals surface area (Å²) in [5.41, 5.74) is 0. The van der Waals surface area contributed by atoms with Crippen molar-refractivity contribution in [1.82, 2.24) is 9.21 Å². The van der Waals surface area contributed by atoms with Gasteiger partial charge in [0, 0.05) is 41.0 Å². The first-order valence-corrected chi connectivity index (χ1v) is 10.2. The Morgan fingerprint density at radius 2 is 1.73 bits per heavy atom. The molecule has 0 spiro atoms. The smallest absolute Gasteiger partial charge is 0.244 e. The van der Waals surface area contributed by atoms with Crippen molar-refractivity contribution in [2.24, 2.45) is 5.92 Å². The molecule has 1 saturated carbocycles. The largest absolute Gasteiger partial charge is 0.340 e. The van der Waals surface area contributed by atoms with Crippen molar-refractivity contribution in [3.63, 3.8) is 0 Å². The van der Waals surface area contributed by atoms with Crippen LogP contribution in [0.3, 0.4) is 0 Å². The molecular weight excluding hydrogens is 436 g/mol. The molecular formula is C14H16Br2N2O3S. The molecule has 1 heterocycles. The van der Waals surface area contributed by atoms with Gasteiger partial charge in [-0.05, 0) is 47.0 Å². The summed E-state index contributed by atoms with van der Waals surface area (Å²) in [6, 6.07) is 5.10. The van der Waals surface area contributed by atoms with Crippen molar-refractivity contribution >= 4 is 47.8 Å². The van der Waals surface area contributed by atoms with Crippen LogP contribution >= 0.6 is 31.9 Å². The first-order chi connectivity index (χ1) is 10.4. The lowest BCUT2D eigenvalue weighted by molar-refractivity contribution is -0.133. The highest BCUT2D eigenvalue weighted by Crippen LogP contribution is 2.32. The molecule has 1 aromatic carbocycles. The fraction of sp³-hybridized carbons (Fsp3) is 0.500. The standard InChI is InChI=1S/C14H16Br2N2O3S/c15-11-3-4-12(16)13(9-11)22(20,21)18-7-5-17(6-8-18)14(19)10-1-2-10/h3-4,9-10H,1-2,5-8H2. The summed E-state index contributed by atoms with van der Waals surface area (Å²) in [6.07, 6.45) is 1.95. The van der Waals surface area contributed by atoms with Crippen LogP contribution < -0.4 is 0 Å². The summed E-state index contributed by atoms with van der Waals surface area (Å²) in [5, 5.41) is 0. The first kappa shape index (κ1) is 16.4. The van der Waals surface area contributed by atoms with E-state index < -0.39 is 10.0 Å². The Morgan fingerprint density at radius 1 is 1.09 bits per heavy atom. The summed E-state index contributed by atoms with van der Waals surface area (Å²) in [5.74, 6) is 0.364. The van der Waals surface area contributed by atoms with Gasteiger partial charge in [-0.15, -0.1) is 0 Å². The molecule has 0 unspecified atom stereocenters. The average Bonchev–Trinajstić information content (AvgIpc) is 3.34. The quantitative estimate of drug-likeness (QED) is 0.709. The maximum Gasteiger partial charge on any atom is 0.244 e. The maximum absolute atomic E-state index is 12.8. The second kappa shape index (κ2) is 6.22. The minimum Gasteiger partial charge on any atom is -0.340 e. The number of benzene rings is 1. The van der Waals surface area contributed by atoms with Gasteiger partial charge >= 0.3 is 0 Å². The lowest BCUT2D eigenvalue weighted by atomic mass is 10.3. The zero-order chi connectivity index (χ0) is 15.9. The van der Waals surface area contributed by atoms with E-state index in [2.05, 4.69) is 31.9 Å². The van der Waals surface area contributed by atoms with E-state index in [0.717, 1.165) is 17.3 Å². The molecule has 120 valence electrons. The van der Waals surface area contributed by atoms with Crippen molar-refractivity contribution < 1.29 is 13.2 Å². The number of amides is 1. The van der Waals surface area contributed by atoms with Gasteiger partial charge in [0.05, 0.1) is 4.90 Å². The van der Waals surface area contributed by atoms with Gasteiger partial charge < -0.3 is 4.90 Å². The van der Waals surface area contributed by atoms with E-state index in [-0.39, 0.29) is 16.7 Å². The van der Waals surface area contributed by atoms with E-state index in [4.69, 9.17) is 0 Å². The van der Waals surface area contributed by atoms with E-state index in [1.54, 1.807) is 23.1 Å². The molecule has 1 aromatic rings. The van der Waals surface area contributed by atoms with Crippen LogP contribution in [0.15, 0.2) is 32.0 Å². The number of hydrogen-bond acceptors (Lipinski definition) is 3. The normalized spacial score (nSPS) is 20.2. The Balaban J connectivity index is 1.74. The highest BCUT2D eigenvalue weighted by atomic mass is 79.9. The van der Waals surface area contributed by atoms with Gasteiger partial charge in [0.15, 0.2) is 0 Å². The van der Waals surface area contributed by atoms with E-state index in [1.807, 2.05) is 0 Å². The van der Waals surface area contributed by atoms with Crippen LogP contribution in [-0.2, 0) is 14.8 Å². The van der Waals surface area contributed by atoms with Gasteiger partial charge in [0.25, 0.3) is 0 Å². The monoisotopic (exact) mass is 450 g/mol. The molecule has 8 heteroatoms. The number of sulfonamides is 1. The third-order valence-corrected chi connectivity index (χ3v) is 7.37. The summed E-state index contributed by atoms with van der Waals surface area (Å²) in [7, 11) is -3.55. The van der Waals surface area contributed by atoms with Gasteiger partial charge in [0.1, 0.15) is 0 Å². The van der Waals surface area contributed by atoms with Crippen LogP contribution in [0.1, 0.15) is 12.8 Å². The number of piperazine rings is 1. The molecule has 1 aliphatic heterocycles. The average molecular weight is 452 g/mol. The molecule has 22 heavy (non-hydrogen) atoms. The van der Waals surface area contributed by atoms with Crippen molar-refractivity contribution in [3.8, 4) is 0 Å². The van der Waals surface area contributed by atoms with E-state index in [9.17, 15) is 13.2 Å². The number of carbonyl (C=O) groups is 1. The number of hydrogen-bond donors (Lipinski definition) is 0. The van der Waals surface area contributed by atoms with Crippen LogP contribution in [0.25, 0.3) is 0 Å². The zero-order valence-electron chi connectivity index (χ0n) is 11.8. The molecule has 5 nitrogen and oxygen atoms in total. The molecule has 0 bridgehead atoms. The molecule has 0 radical (unpaired) electrons. The third kappa shape index (κ3) is 3.25. The third-order valence-electron chi connectivity index (χ3n) is 3.99. The van der Waals surface area contributed by atoms with E-state index in [1.165, 1.54) is 4.31 Å². The Bertz CT molecular complexity index is 696. The van der Waals surface area contributed by atoms with Crippen LogP contribution in [0, 0.1) is 5.92 Å². The predicted molar refractivity (Wildman–Crippen MR) is 89.9 cm³/mol. The molecule has 2 fully saturated rings. The first-order valence-electron chi connectivity index (χ1n) is 7.13. The molecule has 1 saturated heterocycles. The molecule has 0 aromatic heterocycles. The Labute approximate surface area is 147 Å². The Hall–Kier alpha value is -0.440. The van der Waals surface area contributed by atoms with Crippen LogP contribution in [-0.4, -0.2) is 49.7 Å². The van der Waals surface area contributed by atoms with Crippen molar-refractivity contribution in [2.45, 2.75) is 17.7 Å². The van der Waals surface area contributed by atoms with Crippen molar-refractivity contribution in [3.05, 3.63) is 27.1 Å². The molecule has 1 amide bonds. The molecule has 3 rings (SSSR count). The minimum atomic E-state index is -3.55. The fourth-order valence-corrected chi connectivity index (χ4v) is 5.44. The topological polar surface area (TPSA) is 57.7 Å². The number of rotatable bonds is 3. The van der Waals surface area contributed by atoms with Gasteiger partial charge in [-0.1, -0.05) is 15.9 Å². The number of halogens is 2. The molecule has 0 N–H and O–H groups in total. The fourth-order valence-electron chi connectivity index (χ4n) is 2.55.